The Kier molecular flexibility index (Phi) is 8.61. The first kappa shape index (κ1) is 23.9. The van der Waals surface area contributed by atoms with Crippen LogP contribution in [0.5, 0.6) is 5.75 Å². The van der Waals surface area contributed by atoms with Crippen LogP contribution in [0.15, 0.2) is 54.6 Å². The number of carbonyl (C=O) groups is 3. The van der Waals surface area contributed by atoms with E-state index >= 15 is 0 Å². The molecule has 2 N–H and O–H groups in total. The van der Waals surface area contributed by atoms with Gasteiger partial charge in [0.1, 0.15) is 5.75 Å². The van der Waals surface area contributed by atoms with Gasteiger partial charge in [0.25, 0.3) is 0 Å². The van der Waals surface area contributed by atoms with Crippen molar-refractivity contribution in [3.8, 4) is 5.75 Å². The zero-order chi connectivity index (χ0) is 22.9. The summed E-state index contributed by atoms with van der Waals surface area (Å²) in [5.41, 5.74) is 1.35. The smallest absolute Gasteiger partial charge is 0.243 e. The molecule has 0 atom stereocenters. The molecule has 0 fully saturated rings. The lowest BCUT2D eigenvalue weighted by molar-refractivity contribution is -0.138. The molecule has 2 aromatic carbocycles. The molecule has 0 radical (unpaired) electrons. The maximum Gasteiger partial charge on any atom is 0.243 e. The third-order valence-electron chi connectivity index (χ3n) is 4.40. The van der Waals surface area contributed by atoms with Gasteiger partial charge >= 0.3 is 0 Å². The number of methoxy groups -OCH3 is 1. The van der Waals surface area contributed by atoms with Gasteiger partial charge in [-0.3, -0.25) is 14.4 Å². The molecule has 0 aliphatic heterocycles. The van der Waals surface area contributed by atoms with E-state index in [1.807, 2.05) is 51.1 Å². The number of nitrogens with zero attached hydrogens (tertiary/aromatic N) is 1. The molecule has 7 nitrogen and oxygen atoms in total. The molecule has 0 saturated heterocycles. The highest BCUT2D eigenvalue weighted by Crippen LogP contribution is 2.20. The van der Waals surface area contributed by atoms with Crippen LogP contribution in [0.1, 0.15) is 32.8 Å². The van der Waals surface area contributed by atoms with Gasteiger partial charge in [0, 0.05) is 18.7 Å². The lowest BCUT2D eigenvalue weighted by Crippen LogP contribution is -2.43. The number of nitrogens with one attached hydrogen (secondary N) is 2. The molecule has 2 rings (SSSR count). The van der Waals surface area contributed by atoms with E-state index in [-0.39, 0.29) is 36.2 Å². The standard InChI is InChI=1S/C24H31N3O4/c1-24(2,3)14-23(30)27(16-18-8-6-5-7-9-18)17-22(29)25-15-21(28)26-19-10-12-20(31-4)13-11-19/h5-13H,14-17H2,1-4H3,(H,25,29)(H,26,28). The lowest BCUT2D eigenvalue weighted by Gasteiger charge is -2.26. The second-order valence-electron chi connectivity index (χ2n) is 8.53. The van der Waals surface area contributed by atoms with Gasteiger partial charge in [-0.15, -0.1) is 0 Å². The van der Waals surface area contributed by atoms with Gasteiger partial charge in [-0.1, -0.05) is 51.1 Å². The maximum absolute atomic E-state index is 12.8. The van der Waals surface area contributed by atoms with Gasteiger partial charge in [-0.25, -0.2) is 0 Å². The molecule has 0 unspecified atom stereocenters. The summed E-state index contributed by atoms with van der Waals surface area (Å²) in [6, 6.07) is 16.4. The van der Waals surface area contributed by atoms with Gasteiger partial charge in [0.15, 0.2) is 0 Å². The van der Waals surface area contributed by atoms with Crippen LogP contribution in [0.4, 0.5) is 5.69 Å². The molecule has 0 aromatic heterocycles. The first-order chi connectivity index (χ1) is 14.7. The fraction of sp³-hybridized carbons (Fsp3) is 0.375. The number of anilines is 1. The Bertz CT molecular complexity index is 874. The number of hydrogen-bond donors (Lipinski definition) is 2. The molecule has 166 valence electrons. The minimum Gasteiger partial charge on any atom is -0.497 e. The first-order valence-electron chi connectivity index (χ1n) is 10.2. The van der Waals surface area contributed by atoms with Gasteiger partial charge in [0.2, 0.25) is 17.7 Å². The van der Waals surface area contributed by atoms with Crippen molar-refractivity contribution in [2.24, 2.45) is 5.41 Å². The Morgan fingerprint density at radius 2 is 1.58 bits per heavy atom. The predicted molar refractivity (Wildman–Crippen MR) is 121 cm³/mol. The zero-order valence-corrected chi connectivity index (χ0v) is 18.6. The first-order valence-corrected chi connectivity index (χ1v) is 10.2. The number of benzene rings is 2. The van der Waals surface area contributed by atoms with Crippen LogP contribution in [0.25, 0.3) is 0 Å². The molecule has 7 heteroatoms. The molecule has 2 aromatic rings. The van der Waals surface area contributed by atoms with E-state index in [2.05, 4.69) is 10.6 Å². The Hall–Kier alpha value is -3.35. The van der Waals surface area contributed by atoms with E-state index in [1.54, 1.807) is 31.4 Å². The van der Waals surface area contributed by atoms with Gasteiger partial charge in [0.05, 0.1) is 20.2 Å². The van der Waals surface area contributed by atoms with Crippen LogP contribution in [0, 0.1) is 5.41 Å². The second-order valence-corrected chi connectivity index (χ2v) is 8.53. The molecule has 0 spiro atoms. The Balaban J connectivity index is 1.92. The monoisotopic (exact) mass is 425 g/mol. The average Bonchev–Trinajstić information content (AvgIpc) is 2.72. The molecule has 3 amide bonds. The maximum atomic E-state index is 12.8. The van der Waals surface area contributed by atoms with Crippen LogP contribution < -0.4 is 15.4 Å². The predicted octanol–water partition coefficient (Wildman–Crippen LogP) is 3.21. The van der Waals surface area contributed by atoms with E-state index in [4.69, 9.17) is 4.74 Å². The third-order valence-corrected chi connectivity index (χ3v) is 4.40. The van der Waals surface area contributed by atoms with E-state index in [0.29, 0.717) is 24.4 Å². The number of ether oxygens (including phenoxy) is 1. The van der Waals surface area contributed by atoms with Crippen LogP contribution in [-0.4, -0.2) is 42.8 Å². The topological polar surface area (TPSA) is 87.7 Å². The molecule has 0 aliphatic rings. The highest BCUT2D eigenvalue weighted by atomic mass is 16.5. The van der Waals surface area contributed by atoms with E-state index in [1.165, 1.54) is 4.90 Å². The molecular formula is C24H31N3O4. The van der Waals surface area contributed by atoms with Crippen molar-refractivity contribution in [1.29, 1.82) is 0 Å². The molecule has 31 heavy (non-hydrogen) atoms. The molecule has 0 bridgehead atoms. The summed E-state index contributed by atoms with van der Waals surface area (Å²) < 4.78 is 5.08. The van der Waals surface area contributed by atoms with Crippen LogP contribution >= 0.6 is 0 Å². The largest absolute Gasteiger partial charge is 0.497 e. The lowest BCUT2D eigenvalue weighted by atomic mass is 9.91. The highest BCUT2D eigenvalue weighted by Gasteiger charge is 2.23. The Morgan fingerprint density at radius 1 is 0.935 bits per heavy atom. The number of rotatable bonds is 9. The van der Waals surface area contributed by atoms with Gasteiger partial charge in [-0.2, -0.15) is 0 Å². The summed E-state index contributed by atoms with van der Waals surface area (Å²) in [4.78, 5) is 38.9. The van der Waals surface area contributed by atoms with E-state index in [0.717, 1.165) is 5.56 Å². The second kappa shape index (κ2) is 11.2. The zero-order valence-electron chi connectivity index (χ0n) is 18.6. The Labute approximate surface area is 183 Å². The summed E-state index contributed by atoms with van der Waals surface area (Å²) in [5.74, 6) is -0.156. The van der Waals surface area contributed by atoms with Crippen molar-refractivity contribution in [2.45, 2.75) is 33.7 Å². The van der Waals surface area contributed by atoms with E-state index < -0.39 is 0 Å². The number of hydrogen-bond acceptors (Lipinski definition) is 4. The fourth-order valence-electron chi connectivity index (χ4n) is 2.89. The quantitative estimate of drug-likeness (QED) is 0.646. The Morgan fingerprint density at radius 3 is 2.16 bits per heavy atom. The number of amides is 3. The SMILES string of the molecule is COc1ccc(NC(=O)CNC(=O)CN(Cc2ccccc2)C(=O)CC(C)(C)C)cc1. The summed E-state index contributed by atoms with van der Waals surface area (Å²) in [5, 5.41) is 5.30. The molecule has 0 heterocycles. The summed E-state index contributed by atoms with van der Waals surface area (Å²) >= 11 is 0. The summed E-state index contributed by atoms with van der Waals surface area (Å²) in [7, 11) is 1.57. The fourth-order valence-corrected chi connectivity index (χ4v) is 2.89. The van der Waals surface area contributed by atoms with E-state index in [9.17, 15) is 14.4 Å². The van der Waals surface area contributed by atoms with Crippen molar-refractivity contribution in [2.75, 3.05) is 25.5 Å². The summed E-state index contributed by atoms with van der Waals surface area (Å²) in [6.45, 7) is 5.98. The molecule has 0 aliphatic carbocycles. The minimum atomic E-state index is -0.386. The number of carbonyl (C=O) groups excluding carboxylic acids is 3. The average molecular weight is 426 g/mol. The molecular weight excluding hydrogens is 394 g/mol. The summed E-state index contributed by atoms with van der Waals surface area (Å²) in [6.07, 6.45) is 0.324. The minimum absolute atomic E-state index is 0.103. The van der Waals surface area contributed by atoms with Crippen LogP contribution in [0.3, 0.4) is 0 Å². The highest BCUT2D eigenvalue weighted by molar-refractivity contribution is 5.95. The van der Waals surface area contributed by atoms with Gasteiger partial charge in [-0.05, 0) is 35.2 Å². The van der Waals surface area contributed by atoms with Crippen molar-refractivity contribution in [3.05, 3.63) is 60.2 Å². The molecule has 0 saturated carbocycles. The third kappa shape index (κ3) is 8.90. The van der Waals surface area contributed by atoms with Gasteiger partial charge < -0.3 is 20.3 Å². The van der Waals surface area contributed by atoms with Crippen LogP contribution in [-0.2, 0) is 20.9 Å². The van der Waals surface area contributed by atoms with Crippen molar-refractivity contribution >= 4 is 23.4 Å². The van der Waals surface area contributed by atoms with Crippen molar-refractivity contribution < 1.29 is 19.1 Å². The van der Waals surface area contributed by atoms with Crippen molar-refractivity contribution in [1.82, 2.24) is 10.2 Å². The van der Waals surface area contributed by atoms with Crippen LogP contribution in [0.2, 0.25) is 0 Å². The van der Waals surface area contributed by atoms with Crippen molar-refractivity contribution in [3.63, 3.8) is 0 Å². The normalized spacial score (nSPS) is 10.8.